The molecule has 2 aromatic heterocycles. The molecular weight excluding hydrogens is 428 g/mol. The van der Waals surface area contributed by atoms with Crippen molar-refractivity contribution in [1.82, 2.24) is 19.1 Å². The second kappa shape index (κ2) is 6.80. The van der Waals surface area contributed by atoms with E-state index >= 15 is 0 Å². The number of halogens is 4. The number of hydrogen-bond acceptors (Lipinski definition) is 6. The predicted octanol–water partition coefficient (Wildman–Crippen LogP) is 1.57. The van der Waals surface area contributed by atoms with Crippen molar-refractivity contribution in [2.75, 3.05) is 0 Å². The van der Waals surface area contributed by atoms with Gasteiger partial charge in [-0.25, -0.2) is 27.5 Å². The van der Waals surface area contributed by atoms with Gasteiger partial charge < -0.3 is 9.13 Å². The molecule has 12 heteroatoms. The van der Waals surface area contributed by atoms with Crippen LogP contribution in [-0.4, -0.2) is 19.1 Å². The molecule has 0 N–H and O–H groups in total. The normalized spacial score (nSPS) is 10.7. The zero-order valence-electron chi connectivity index (χ0n) is 16.1. The summed E-state index contributed by atoms with van der Waals surface area (Å²) in [6, 6.07) is 6.33. The molecule has 4 aromatic rings. The zero-order chi connectivity index (χ0) is 23.5. The Morgan fingerprint density at radius 3 is 1.56 bits per heavy atom. The lowest BCUT2D eigenvalue weighted by Crippen LogP contribution is -2.18. The fraction of sp³-hybridized carbons (Fsp3) is 0.100. The molecule has 0 radical (unpaired) electrons. The summed E-state index contributed by atoms with van der Waals surface area (Å²) in [6.07, 6.45) is 0. The zero-order valence-corrected chi connectivity index (χ0v) is 16.1. The minimum absolute atomic E-state index is 0.263. The summed E-state index contributed by atoms with van der Waals surface area (Å²) in [7, 11) is 2.49. The van der Waals surface area contributed by atoms with Gasteiger partial charge in [-0.1, -0.05) is 0 Å². The number of nitrogens with zero attached hydrogens (tertiary/aromatic N) is 8. The van der Waals surface area contributed by atoms with Gasteiger partial charge in [0.1, 0.15) is 40.8 Å². The van der Waals surface area contributed by atoms with Crippen molar-refractivity contribution in [3.05, 3.63) is 34.2 Å². The van der Waals surface area contributed by atoms with E-state index in [2.05, 4.69) is 9.97 Å². The number of benzene rings is 2. The first-order chi connectivity index (χ1) is 15.2. The van der Waals surface area contributed by atoms with Crippen LogP contribution in [0.1, 0.15) is 0 Å². The van der Waals surface area contributed by atoms with Crippen molar-refractivity contribution in [3.8, 4) is 24.3 Å². The third-order valence-corrected chi connectivity index (χ3v) is 5.05. The van der Waals surface area contributed by atoms with Crippen LogP contribution >= 0.6 is 0 Å². The van der Waals surface area contributed by atoms with E-state index in [0.29, 0.717) is 0 Å². The largest absolute Gasteiger partial charge is 0.325 e. The van der Waals surface area contributed by atoms with Gasteiger partial charge in [0, 0.05) is 19.5 Å². The maximum atomic E-state index is 15.0. The van der Waals surface area contributed by atoms with Gasteiger partial charge in [-0.2, -0.15) is 21.0 Å². The molecule has 0 amide bonds. The third-order valence-electron chi connectivity index (χ3n) is 5.05. The number of nitriles is 4. The van der Waals surface area contributed by atoms with Crippen molar-refractivity contribution in [2.45, 2.75) is 0 Å². The van der Waals surface area contributed by atoms with E-state index in [0.717, 1.165) is 9.13 Å². The summed E-state index contributed by atoms with van der Waals surface area (Å²) in [5, 5.41) is 35.2. The molecule has 0 saturated carbocycles. The van der Waals surface area contributed by atoms with E-state index in [1.807, 2.05) is 0 Å². The van der Waals surface area contributed by atoms with E-state index < -0.39 is 56.2 Å². The van der Waals surface area contributed by atoms with Crippen LogP contribution in [0.4, 0.5) is 17.6 Å². The highest BCUT2D eigenvalue weighted by atomic mass is 19.2. The molecule has 0 atom stereocenters. The summed E-state index contributed by atoms with van der Waals surface area (Å²) < 4.78 is 61.6. The Morgan fingerprint density at radius 1 is 0.625 bits per heavy atom. The first kappa shape index (κ1) is 20.3. The lowest BCUT2D eigenvalue weighted by atomic mass is 10.0. The van der Waals surface area contributed by atoms with E-state index in [9.17, 15) is 17.6 Å². The summed E-state index contributed by atoms with van der Waals surface area (Å²) in [4.78, 5) is 7.87. The minimum Gasteiger partial charge on any atom is -0.325 e. The molecule has 0 spiro atoms. The lowest BCUT2D eigenvalue weighted by molar-refractivity contribution is 0.499. The van der Waals surface area contributed by atoms with Crippen LogP contribution in [0.3, 0.4) is 0 Å². The second-order valence-electron chi connectivity index (χ2n) is 6.59. The Hall–Kier alpha value is -4.94. The Bertz CT molecular complexity index is 1800. The summed E-state index contributed by atoms with van der Waals surface area (Å²) in [5.41, 5.74) is -3.47. The fourth-order valence-corrected chi connectivity index (χ4v) is 3.65. The van der Waals surface area contributed by atoms with Crippen molar-refractivity contribution >= 4 is 44.0 Å². The molecule has 0 bridgehead atoms. The lowest BCUT2D eigenvalue weighted by Gasteiger charge is -2.09. The number of aromatic nitrogens is 4. The number of rotatable bonds is 0. The highest BCUT2D eigenvalue weighted by molar-refractivity contribution is 6.17. The van der Waals surface area contributed by atoms with Gasteiger partial charge in [0.25, 0.3) is 0 Å². The van der Waals surface area contributed by atoms with Gasteiger partial charge in [-0.05, 0) is 0 Å². The molecule has 2 heterocycles. The summed E-state index contributed by atoms with van der Waals surface area (Å²) in [6.45, 7) is 0. The molecule has 0 aliphatic rings. The van der Waals surface area contributed by atoms with E-state index in [1.165, 1.54) is 14.1 Å². The van der Waals surface area contributed by atoms with Crippen LogP contribution in [0.15, 0.2) is 0 Å². The smallest absolute Gasteiger partial charge is 0.187 e. The number of hydrogen-bond donors (Lipinski definition) is 0. The maximum absolute atomic E-state index is 15.0. The average molecular weight is 434 g/mol. The molecule has 0 unspecified atom stereocenters. The minimum atomic E-state index is -1.75. The maximum Gasteiger partial charge on any atom is 0.187 e. The summed E-state index contributed by atoms with van der Waals surface area (Å²) >= 11 is 0. The highest BCUT2D eigenvalue weighted by Crippen LogP contribution is 2.37. The molecule has 32 heavy (non-hydrogen) atoms. The Kier molecular flexibility index (Phi) is 4.32. The van der Waals surface area contributed by atoms with E-state index in [-0.39, 0.29) is 22.0 Å². The van der Waals surface area contributed by atoms with Crippen LogP contribution in [0.5, 0.6) is 0 Å². The molecule has 2 aromatic carbocycles. The Balaban J connectivity index is 2.53. The van der Waals surface area contributed by atoms with Gasteiger partial charge in [-0.15, -0.1) is 0 Å². The molecule has 154 valence electrons. The number of aryl methyl sites for hydroxylation is 2. The molecule has 0 fully saturated rings. The van der Waals surface area contributed by atoms with Crippen LogP contribution in [0, 0.1) is 68.6 Å². The third kappa shape index (κ3) is 2.32. The summed E-state index contributed by atoms with van der Waals surface area (Å²) in [5.74, 6) is -6.64. The fourth-order valence-electron chi connectivity index (χ4n) is 3.65. The van der Waals surface area contributed by atoms with Crippen molar-refractivity contribution < 1.29 is 17.6 Å². The van der Waals surface area contributed by atoms with Gasteiger partial charge >= 0.3 is 0 Å². The quantitative estimate of drug-likeness (QED) is 0.386. The van der Waals surface area contributed by atoms with Crippen molar-refractivity contribution in [1.29, 1.82) is 21.0 Å². The Morgan fingerprint density at radius 2 is 1.06 bits per heavy atom. The first-order valence-electron chi connectivity index (χ1n) is 8.58. The molecule has 0 aliphatic carbocycles. The van der Waals surface area contributed by atoms with Crippen molar-refractivity contribution in [3.63, 3.8) is 0 Å². The number of imidazole rings is 2. The van der Waals surface area contributed by atoms with Crippen LogP contribution < -0.4 is 11.0 Å². The highest BCUT2D eigenvalue weighted by Gasteiger charge is 2.29. The predicted molar refractivity (Wildman–Crippen MR) is 101 cm³/mol. The second-order valence-corrected chi connectivity index (χ2v) is 6.59. The standard InChI is InChI=1S/C20H6F4N8/c1-31-17-10-9(11(21)13(23)16(17)30-20(31)8(5-27)6-28)12(22)14(24)18-15(10)29-19(32(18)2)7(3-25)4-26/h1-2H3. The monoisotopic (exact) mass is 434 g/mol. The molecule has 0 saturated heterocycles. The van der Waals surface area contributed by atoms with Crippen molar-refractivity contribution in [2.24, 2.45) is 14.1 Å². The van der Waals surface area contributed by atoms with Crippen LogP contribution in [0.25, 0.3) is 44.0 Å². The molecular formula is C20H6F4N8. The van der Waals surface area contributed by atoms with E-state index in [1.54, 1.807) is 24.3 Å². The number of fused-ring (bicyclic) bond motifs is 5. The van der Waals surface area contributed by atoms with Crippen LogP contribution in [0.2, 0.25) is 0 Å². The SMILES string of the molecule is Cn1c(=C(C#N)C#N)nc2c3c(c(F)c(F)c4nc(=C(C#N)C#N)n(C)c43)c(F)c(F)c21. The topological polar surface area (TPSA) is 131 Å². The van der Waals surface area contributed by atoms with E-state index in [4.69, 9.17) is 21.0 Å². The van der Waals surface area contributed by atoms with Crippen LogP contribution in [-0.2, 0) is 14.1 Å². The van der Waals surface area contributed by atoms with Gasteiger partial charge in [-0.3, -0.25) is 0 Å². The van der Waals surface area contributed by atoms with Gasteiger partial charge in [0.05, 0.1) is 10.9 Å². The average Bonchev–Trinajstić information content (AvgIpc) is 3.29. The van der Waals surface area contributed by atoms with Gasteiger partial charge in [0.15, 0.2) is 45.4 Å². The first-order valence-corrected chi connectivity index (χ1v) is 8.58. The van der Waals surface area contributed by atoms with Gasteiger partial charge in [0.2, 0.25) is 0 Å². The molecule has 0 aliphatic heterocycles. The molecule has 4 rings (SSSR count). The molecule has 8 nitrogen and oxygen atoms in total. The Labute approximate surface area is 175 Å².